The van der Waals surface area contributed by atoms with Gasteiger partial charge in [0.25, 0.3) is 5.91 Å². The van der Waals surface area contributed by atoms with Crippen LogP contribution in [-0.4, -0.2) is 34.4 Å². The Morgan fingerprint density at radius 3 is 2.56 bits per heavy atom. The van der Waals surface area contributed by atoms with Gasteiger partial charge in [-0.25, -0.2) is 0 Å². The minimum Gasteiger partial charge on any atom is -0.488 e. The summed E-state index contributed by atoms with van der Waals surface area (Å²) in [5.74, 6) is 0.294. The van der Waals surface area contributed by atoms with Crippen LogP contribution in [0.15, 0.2) is 36.4 Å². The highest BCUT2D eigenvalue weighted by Gasteiger charge is 2.59. The van der Waals surface area contributed by atoms with Gasteiger partial charge in [-0.2, -0.15) is 18.4 Å². The largest absolute Gasteiger partial charge is 0.488 e. The van der Waals surface area contributed by atoms with Crippen LogP contribution in [-0.2, 0) is 17.4 Å². The number of fused-ring (bicyclic) bond motifs is 1. The number of rotatable bonds is 3. The molecule has 1 saturated carbocycles. The van der Waals surface area contributed by atoms with Crippen LogP contribution in [0, 0.1) is 11.3 Å². The summed E-state index contributed by atoms with van der Waals surface area (Å²) in [4.78, 5) is 16.5. The molecule has 1 unspecified atom stereocenters. The van der Waals surface area contributed by atoms with E-state index < -0.39 is 22.8 Å². The maximum atomic E-state index is 13.6. The molecule has 2 aromatic carbocycles. The molecule has 34 heavy (non-hydrogen) atoms. The molecule has 1 saturated heterocycles. The monoisotopic (exact) mass is 487 g/mol. The van der Waals surface area contributed by atoms with Crippen LogP contribution in [0.4, 0.5) is 24.5 Å². The van der Waals surface area contributed by atoms with E-state index in [1.54, 1.807) is 23.1 Å². The molecule has 5 rings (SSSR count). The van der Waals surface area contributed by atoms with Crippen molar-refractivity contribution in [2.45, 2.75) is 49.9 Å². The van der Waals surface area contributed by atoms with Gasteiger partial charge in [0, 0.05) is 5.69 Å². The van der Waals surface area contributed by atoms with Gasteiger partial charge in [0.1, 0.15) is 17.4 Å². The van der Waals surface area contributed by atoms with E-state index >= 15 is 0 Å². The Morgan fingerprint density at radius 1 is 1.21 bits per heavy atom. The summed E-state index contributed by atoms with van der Waals surface area (Å²) in [5.41, 5.74) is -0.977. The molecule has 10 heteroatoms. The van der Waals surface area contributed by atoms with E-state index in [1.807, 2.05) is 6.07 Å². The molecule has 0 radical (unpaired) electrons. The molecule has 1 aliphatic carbocycles. The number of aliphatic hydroxyl groups is 1. The smallest absolute Gasteiger partial charge is 0.417 e. The van der Waals surface area contributed by atoms with Crippen molar-refractivity contribution in [1.29, 1.82) is 5.26 Å². The van der Waals surface area contributed by atoms with Gasteiger partial charge in [-0.3, -0.25) is 9.69 Å². The molecule has 0 bridgehead atoms. The highest BCUT2D eigenvalue weighted by Crippen LogP contribution is 2.49. The number of carbonyl (C=O) groups excluding carboxylic acids is 1. The van der Waals surface area contributed by atoms with Crippen LogP contribution < -0.4 is 14.5 Å². The predicted octanol–water partition coefficient (Wildman–Crippen LogP) is 4.32. The summed E-state index contributed by atoms with van der Waals surface area (Å²) in [5, 5.41) is 18.6. The number of nitriles is 1. The lowest BCUT2D eigenvalue weighted by Crippen LogP contribution is -2.55. The van der Waals surface area contributed by atoms with Crippen molar-refractivity contribution in [1.82, 2.24) is 0 Å². The topological polar surface area (TPSA) is 76.8 Å². The first kappa shape index (κ1) is 22.6. The first-order valence-corrected chi connectivity index (χ1v) is 11.3. The van der Waals surface area contributed by atoms with Crippen molar-refractivity contribution in [3.05, 3.63) is 53.1 Å². The number of thiocarbonyl (C=S) groups is 1. The molecule has 1 spiro atoms. The fourth-order valence-corrected chi connectivity index (χ4v) is 5.38. The summed E-state index contributed by atoms with van der Waals surface area (Å²) in [6.07, 6.45) is -1.81. The van der Waals surface area contributed by atoms with Crippen LogP contribution in [0.1, 0.15) is 42.4 Å². The molecule has 176 valence electrons. The van der Waals surface area contributed by atoms with Gasteiger partial charge >= 0.3 is 6.18 Å². The lowest BCUT2D eigenvalue weighted by molar-refractivity contribution is -0.137. The number of hydrogen-bond donors (Lipinski definition) is 1. The Balaban J connectivity index is 1.55. The van der Waals surface area contributed by atoms with Crippen LogP contribution >= 0.6 is 12.2 Å². The average molecular weight is 488 g/mol. The fraction of sp³-hybridized carbons (Fsp3) is 0.375. The van der Waals surface area contributed by atoms with Crippen molar-refractivity contribution in [2.24, 2.45) is 0 Å². The molecule has 2 aliphatic heterocycles. The Kier molecular flexibility index (Phi) is 5.30. The van der Waals surface area contributed by atoms with Crippen molar-refractivity contribution in [3.63, 3.8) is 0 Å². The highest BCUT2D eigenvalue weighted by atomic mass is 32.1. The van der Waals surface area contributed by atoms with Gasteiger partial charge in [0.05, 0.1) is 29.5 Å². The molecular formula is C24H20F3N3O3S. The van der Waals surface area contributed by atoms with E-state index in [0.29, 0.717) is 37.1 Å². The number of nitrogens with zero attached hydrogens (tertiary/aromatic N) is 3. The van der Waals surface area contributed by atoms with Gasteiger partial charge in [-0.15, -0.1) is 0 Å². The van der Waals surface area contributed by atoms with Gasteiger partial charge in [0.15, 0.2) is 5.11 Å². The first-order chi connectivity index (χ1) is 16.2. The maximum absolute atomic E-state index is 13.6. The summed E-state index contributed by atoms with van der Waals surface area (Å²) in [6, 6.07) is 10.2. The summed E-state index contributed by atoms with van der Waals surface area (Å²) < 4.78 is 46.5. The second-order valence-electron chi connectivity index (χ2n) is 8.74. The minimum absolute atomic E-state index is 0.0119. The number of ether oxygens (including phenoxy) is 1. The molecule has 1 N–H and O–H groups in total. The zero-order valence-corrected chi connectivity index (χ0v) is 18.7. The lowest BCUT2D eigenvalue weighted by Gasteiger charge is -2.43. The first-order valence-electron chi connectivity index (χ1n) is 10.9. The van der Waals surface area contributed by atoms with E-state index in [2.05, 4.69) is 0 Å². The van der Waals surface area contributed by atoms with Gasteiger partial charge in [-0.1, -0.05) is 0 Å². The van der Waals surface area contributed by atoms with E-state index in [4.69, 9.17) is 22.2 Å². The van der Waals surface area contributed by atoms with Crippen molar-refractivity contribution in [2.75, 3.05) is 16.4 Å². The van der Waals surface area contributed by atoms with Crippen LogP contribution in [0.2, 0.25) is 0 Å². The van der Waals surface area contributed by atoms with Crippen LogP contribution in [0.25, 0.3) is 0 Å². The number of hydrogen-bond acceptors (Lipinski definition) is 5. The number of halogens is 3. The van der Waals surface area contributed by atoms with Crippen LogP contribution in [0.5, 0.6) is 5.75 Å². The van der Waals surface area contributed by atoms with Gasteiger partial charge < -0.3 is 14.7 Å². The Morgan fingerprint density at radius 2 is 1.94 bits per heavy atom. The van der Waals surface area contributed by atoms with E-state index in [9.17, 15) is 23.1 Å². The second kappa shape index (κ2) is 7.96. The van der Waals surface area contributed by atoms with E-state index in [-0.39, 0.29) is 29.4 Å². The number of aryl methyl sites for hydroxylation is 1. The number of anilines is 2. The van der Waals surface area contributed by atoms with Crippen molar-refractivity contribution in [3.8, 4) is 11.8 Å². The summed E-state index contributed by atoms with van der Waals surface area (Å²) in [6.45, 7) is -0.0749. The number of alkyl halides is 3. The standard InChI is InChI=1S/C24H20F3N3O3S/c25-24(26,27)19-11-16(4-2-15(19)12-28)29-21(32)23(8-1-9-23)30(22(29)34)17-5-7-20-14(10-17)3-6-18(13-31)33-20/h2,4-5,7,10-11,18,31H,1,3,6,8-9,13H2. The van der Waals surface area contributed by atoms with Crippen molar-refractivity contribution >= 4 is 34.6 Å². The molecular weight excluding hydrogens is 467 g/mol. The van der Waals surface area contributed by atoms with Gasteiger partial charge in [-0.05, 0) is 86.3 Å². The van der Waals surface area contributed by atoms with Crippen molar-refractivity contribution < 1.29 is 27.8 Å². The normalized spacial score (nSPS) is 21.2. The zero-order valence-electron chi connectivity index (χ0n) is 17.9. The van der Waals surface area contributed by atoms with Crippen LogP contribution in [0.3, 0.4) is 0 Å². The predicted molar refractivity (Wildman–Crippen MR) is 122 cm³/mol. The van der Waals surface area contributed by atoms with E-state index in [1.165, 1.54) is 6.07 Å². The quantitative estimate of drug-likeness (QED) is 0.650. The molecule has 2 heterocycles. The SMILES string of the molecule is N#Cc1ccc(N2C(=O)C3(CCC3)N(c3ccc4c(c3)CCC(CO)O4)C2=S)cc1C(F)(F)F. The number of benzene rings is 2. The minimum atomic E-state index is -4.75. The molecule has 2 fully saturated rings. The Hall–Kier alpha value is -3.16. The Bertz CT molecular complexity index is 1240. The fourth-order valence-electron chi connectivity index (χ4n) is 4.91. The average Bonchev–Trinajstić information content (AvgIpc) is 3.04. The molecule has 1 amide bonds. The lowest BCUT2D eigenvalue weighted by atomic mass is 9.75. The third-order valence-corrected chi connectivity index (χ3v) is 7.18. The van der Waals surface area contributed by atoms with Gasteiger partial charge in [0.2, 0.25) is 0 Å². The number of carbonyl (C=O) groups is 1. The summed E-state index contributed by atoms with van der Waals surface area (Å²) >= 11 is 5.66. The molecule has 6 nitrogen and oxygen atoms in total. The Labute approximate surface area is 199 Å². The molecule has 2 aromatic rings. The third kappa shape index (κ3) is 3.34. The number of aliphatic hydroxyl groups excluding tert-OH is 1. The molecule has 0 aromatic heterocycles. The number of amides is 1. The maximum Gasteiger partial charge on any atom is 0.417 e. The molecule has 1 atom stereocenters. The van der Waals surface area contributed by atoms with E-state index in [0.717, 1.165) is 29.0 Å². The molecule has 3 aliphatic rings. The third-order valence-electron chi connectivity index (χ3n) is 6.81. The highest BCUT2D eigenvalue weighted by molar-refractivity contribution is 7.81. The second-order valence-corrected chi connectivity index (χ2v) is 9.10. The zero-order chi connectivity index (χ0) is 24.3. The summed E-state index contributed by atoms with van der Waals surface area (Å²) in [7, 11) is 0.